The third kappa shape index (κ3) is 13.0. The van der Waals surface area contributed by atoms with E-state index in [0.29, 0.717) is 0 Å². The van der Waals surface area contributed by atoms with Crippen LogP contribution in [0.2, 0.25) is 0 Å². The van der Waals surface area contributed by atoms with Crippen LogP contribution in [-0.4, -0.2) is 16.8 Å². The van der Waals surface area contributed by atoms with Crippen LogP contribution in [0.1, 0.15) is 0 Å². The van der Waals surface area contributed by atoms with Crippen LogP contribution < -0.4 is 0 Å². The zero-order chi connectivity index (χ0) is 7.07. The van der Waals surface area contributed by atoms with Crippen molar-refractivity contribution in [1.29, 1.82) is 0 Å². The molecule has 0 spiro atoms. The molecule has 2 aliphatic rings. The number of hydrogen-bond donors (Lipinski definition) is 0. The maximum atomic E-state index is 2.00. The second kappa shape index (κ2) is 15.5. The van der Waals surface area contributed by atoms with Crippen molar-refractivity contribution in [2.45, 2.75) is 0 Å². The van der Waals surface area contributed by atoms with Gasteiger partial charge in [-0.3, -0.25) is 0 Å². The molecule has 0 atom stereocenters. The smallest absolute Gasteiger partial charge is 0.0626 e. The summed E-state index contributed by atoms with van der Waals surface area (Å²) < 4.78 is 0. The Morgan fingerprint density at radius 1 is 0.308 bits per heavy atom. The van der Waals surface area contributed by atoms with Crippen LogP contribution in [0.3, 0.4) is 0 Å². The molecule has 2 aliphatic carbocycles. The molecule has 0 unspecified atom stereocenters. The summed E-state index contributed by atoms with van der Waals surface area (Å²) in [6, 6.07) is 0. The van der Waals surface area contributed by atoms with Crippen molar-refractivity contribution in [2.24, 2.45) is 0 Å². The fourth-order valence-corrected chi connectivity index (χ4v) is 0.642. The summed E-state index contributed by atoms with van der Waals surface area (Å²) in [5, 5.41) is 0. The molecule has 2 fully saturated rings. The van der Waals surface area contributed by atoms with Crippen LogP contribution >= 0.6 is 0 Å². The largest absolute Gasteiger partial charge is 2.00 e. The van der Waals surface area contributed by atoms with Crippen molar-refractivity contribution in [1.82, 2.24) is 0 Å². The third-order valence-electron chi connectivity index (χ3n) is 1.11. The molecular formula is C10H18B2Zr. The zero-order valence-corrected chi connectivity index (χ0v) is 8.73. The Hall–Kier alpha value is 1.01. The third-order valence-corrected chi connectivity index (χ3v) is 1.11. The first-order chi connectivity index (χ1) is 5.00. The summed E-state index contributed by atoms with van der Waals surface area (Å²) in [6.45, 7) is 0. The van der Waals surface area contributed by atoms with E-state index in [4.69, 9.17) is 0 Å². The molecule has 2 saturated carbocycles. The molecule has 0 heterocycles. The van der Waals surface area contributed by atoms with E-state index in [2.05, 4.69) is 0 Å². The molecule has 0 amide bonds. The minimum atomic E-state index is 0. The van der Waals surface area contributed by atoms with Gasteiger partial charge in [0.2, 0.25) is 0 Å². The Bertz CT molecular complexity index is 46.1. The summed E-state index contributed by atoms with van der Waals surface area (Å²) >= 11 is 0. The van der Waals surface area contributed by atoms with Crippen LogP contribution in [0.25, 0.3) is 0 Å². The molecule has 0 bridgehead atoms. The molecular weight excluding hydrogens is 233 g/mol. The minimum Gasteiger partial charge on any atom is -0.0626 e. The van der Waals surface area contributed by atoms with Gasteiger partial charge >= 0.3 is 26.2 Å². The van der Waals surface area contributed by atoms with E-state index in [1.54, 1.807) is 0 Å². The first kappa shape index (κ1) is 19.6. The first-order valence-electron chi connectivity index (χ1n) is 3.33. The normalized spacial score (nSPS) is 18.5. The number of rotatable bonds is 0. The molecule has 0 aromatic heterocycles. The summed E-state index contributed by atoms with van der Waals surface area (Å²) in [4.78, 5) is 0. The molecule has 0 aromatic carbocycles. The molecule has 13 heavy (non-hydrogen) atoms. The van der Waals surface area contributed by atoms with Crippen LogP contribution in [-0.2, 0) is 26.2 Å². The van der Waals surface area contributed by atoms with Gasteiger partial charge in [-0.25, -0.2) is 0 Å². The Balaban J connectivity index is -0.000000125. The number of hydrogen-bond acceptors (Lipinski definition) is 0. The molecule has 0 aliphatic heterocycles. The summed E-state index contributed by atoms with van der Waals surface area (Å²) in [5.41, 5.74) is 0. The van der Waals surface area contributed by atoms with Gasteiger partial charge in [-0.05, 0) is 64.2 Å². The monoisotopic (exact) mass is 250 g/mol. The SMILES string of the molecule is [BH4-].[BH4-].[CH]1[CH][CH][CH][CH]1.[CH]1[CH][CH][CH][CH]1.[Zr+2]. The predicted octanol–water partition coefficient (Wildman–Crippen LogP) is -0.863. The maximum absolute atomic E-state index is 2.00. The van der Waals surface area contributed by atoms with E-state index in [0.717, 1.165) is 0 Å². The zero-order valence-electron chi connectivity index (χ0n) is 6.27. The molecule has 0 aromatic rings. The van der Waals surface area contributed by atoms with Crippen molar-refractivity contribution >= 4 is 16.8 Å². The second-order valence-electron chi connectivity index (χ2n) is 1.92. The first-order valence-corrected chi connectivity index (χ1v) is 3.33. The minimum absolute atomic E-state index is 0. The summed E-state index contributed by atoms with van der Waals surface area (Å²) in [6.07, 6.45) is 20.0. The fraction of sp³-hybridized carbons (Fsp3) is 0. The Morgan fingerprint density at radius 2 is 0.385 bits per heavy atom. The van der Waals surface area contributed by atoms with Crippen molar-refractivity contribution in [2.75, 3.05) is 0 Å². The Kier molecular flexibility index (Phi) is 23.3. The van der Waals surface area contributed by atoms with Crippen molar-refractivity contribution < 1.29 is 26.2 Å². The molecule has 0 saturated heterocycles. The molecule has 10 radical (unpaired) electrons. The van der Waals surface area contributed by atoms with Crippen LogP contribution in [0, 0.1) is 64.2 Å². The Labute approximate surface area is 107 Å². The van der Waals surface area contributed by atoms with E-state index in [1.165, 1.54) is 0 Å². The van der Waals surface area contributed by atoms with Crippen molar-refractivity contribution in [3.63, 3.8) is 0 Å². The van der Waals surface area contributed by atoms with Crippen LogP contribution in [0.5, 0.6) is 0 Å². The molecule has 68 valence electrons. The van der Waals surface area contributed by atoms with Gasteiger partial charge in [0.05, 0.1) is 0 Å². The van der Waals surface area contributed by atoms with Gasteiger partial charge in [0.15, 0.2) is 0 Å². The second-order valence-corrected chi connectivity index (χ2v) is 1.92. The van der Waals surface area contributed by atoms with Gasteiger partial charge < -0.3 is 0 Å². The van der Waals surface area contributed by atoms with E-state index < -0.39 is 0 Å². The Morgan fingerprint density at radius 3 is 0.462 bits per heavy atom. The van der Waals surface area contributed by atoms with Crippen LogP contribution in [0.4, 0.5) is 0 Å². The van der Waals surface area contributed by atoms with Gasteiger partial charge in [-0.2, -0.15) is 0 Å². The molecule has 3 heteroatoms. The molecule has 0 nitrogen and oxygen atoms in total. The average molecular weight is 251 g/mol. The van der Waals surface area contributed by atoms with E-state index >= 15 is 0 Å². The van der Waals surface area contributed by atoms with Gasteiger partial charge in [0, 0.05) is 0 Å². The quantitative estimate of drug-likeness (QED) is 0.491. The molecule has 0 N–H and O–H groups in total. The van der Waals surface area contributed by atoms with Gasteiger partial charge in [-0.1, -0.05) is 16.8 Å². The van der Waals surface area contributed by atoms with E-state index in [-0.39, 0.29) is 43.0 Å². The van der Waals surface area contributed by atoms with Crippen molar-refractivity contribution in [3.8, 4) is 0 Å². The standard InChI is InChI=1S/2C5H5.2BH4.Zr/c2*1-2-4-5-3-1;;;/h2*1-5H;2*1H4;/q;;2*-1;+2. The summed E-state index contributed by atoms with van der Waals surface area (Å²) in [7, 11) is 0. The summed E-state index contributed by atoms with van der Waals surface area (Å²) in [5.74, 6) is 0. The average Bonchev–Trinajstić information content (AvgIpc) is 2.67. The maximum Gasteiger partial charge on any atom is 2.00 e. The van der Waals surface area contributed by atoms with E-state index in [9.17, 15) is 0 Å². The van der Waals surface area contributed by atoms with Gasteiger partial charge in [-0.15, -0.1) is 0 Å². The van der Waals surface area contributed by atoms with Crippen LogP contribution in [0.15, 0.2) is 0 Å². The topological polar surface area (TPSA) is 0 Å². The molecule has 2 rings (SSSR count). The van der Waals surface area contributed by atoms with E-state index in [1.807, 2.05) is 64.2 Å². The van der Waals surface area contributed by atoms with Gasteiger partial charge in [0.1, 0.15) is 0 Å². The van der Waals surface area contributed by atoms with Crippen molar-refractivity contribution in [3.05, 3.63) is 64.2 Å². The van der Waals surface area contributed by atoms with Gasteiger partial charge in [0.25, 0.3) is 0 Å². The predicted molar refractivity (Wildman–Crippen MR) is 65.7 cm³/mol. The fourth-order valence-electron chi connectivity index (χ4n) is 0.642.